The number of nitrogens with zero attached hydrogens (tertiary/aromatic N) is 7. The Morgan fingerprint density at radius 3 is 1.57 bits per heavy atom. The molecular formula is C56H46BCuN8O8. The van der Waals surface area contributed by atoms with Gasteiger partial charge in [-0.25, -0.2) is 19.6 Å². The van der Waals surface area contributed by atoms with Gasteiger partial charge >= 0.3 is 19.1 Å². The predicted octanol–water partition coefficient (Wildman–Crippen LogP) is 9.17. The molecule has 10 rings (SSSR count). The number of pyridine rings is 2. The molecule has 18 heteroatoms. The molecule has 10 aromatic rings. The Balaban J connectivity index is 0.000000202. The third-order valence-corrected chi connectivity index (χ3v) is 10.6. The molecule has 0 spiro atoms. The van der Waals surface area contributed by atoms with Crippen molar-refractivity contribution in [3.05, 3.63) is 214 Å². The maximum atomic E-state index is 13.1. The summed E-state index contributed by atoms with van der Waals surface area (Å²) in [6, 6.07) is 61.9. The summed E-state index contributed by atoms with van der Waals surface area (Å²) >= 11 is 0. The predicted molar refractivity (Wildman–Crippen MR) is 280 cm³/mol. The van der Waals surface area contributed by atoms with Crippen LogP contribution in [0.25, 0.3) is 72.8 Å². The van der Waals surface area contributed by atoms with Crippen LogP contribution in [0.4, 0.5) is 0 Å². The second-order valence-electron chi connectivity index (χ2n) is 15.7. The van der Waals surface area contributed by atoms with Crippen LogP contribution in [0, 0.1) is 22.7 Å². The standard InChI is InChI=1S/C26H18N4O.C14H10N4O.C12H10BO2.2C2H4O2.Cu/c1-29-25-24(15-14-23(28-25)22-13-6-5-10-20(22)17-27)30(26(29)31)21-12-7-11-19(16-21)18-8-3-2-4-9-18;1-18-13-12(17-14(18)19)7-6-11(16-13)10-5-3-2-4-9(10)8-15;14-13-15-12-8-4-7-11(9-12)10-5-2-1-3-6-10;2*1-2(3)4;/h2-16H,1H3;2-7H,1H3,(H,17,19);1-9,14H;2*1H3,(H,3,4);. The second-order valence-corrected chi connectivity index (χ2v) is 15.7. The van der Waals surface area contributed by atoms with E-state index in [4.69, 9.17) is 39.7 Å². The van der Waals surface area contributed by atoms with Crippen molar-refractivity contribution in [3.8, 4) is 68.3 Å². The summed E-state index contributed by atoms with van der Waals surface area (Å²) in [4.78, 5) is 54.6. The molecule has 0 fully saturated rings. The van der Waals surface area contributed by atoms with Gasteiger partial charge in [-0.05, 0) is 82.9 Å². The second kappa shape index (κ2) is 26.6. The topological polar surface area (TPSA) is 242 Å². The number of fused-ring (bicyclic) bond motifs is 2. The van der Waals surface area contributed by atoms with Crippen molar-refractivity contribution in [2.75, 3.05) is 0 Å². The van der Waals surface area contributed by atoms with Gasteiger partial charge in [0.15, 0.2) is 11.3 Å². The number of carboxylic acid groups (broad SMARTS) is 2. The zero-order valence-electron chi connectivity index (χ0n) is 40.2. The van der Waals surface area contributed by atoms with Gasteiger partial charge in [-0.15, -0.1) is 0 Å². The number of hydrogen-bond acceptors (Lipinski definition) is 10. The summed E-state index contributed by atoms with van der Waals surface area (Å²) in [5.74, 6) is -1.04. The van der Waals surface area contributed by atoms with Crippen molar-refractivity contribution in [1.82, 2.24) is 28.7 Å². The Morgan fingerprint density at radius 2 is 1.04 bits per heavy atom. The molecule has 0 saturated carbocycles. The van der Waals surface area contributed by atoms with Gasteiger partial charge < -0.3 is 24.9 Å². The van der Waals surface area contributed by atoms with Crippen molar-refractivity contribution >= 4 is 42.0 Å². The number of hydrogen-bond donors (Lipinski definition) is 4. The van der Waals surface area contributed by atoms with Gasteiger partial charge in [0, 0.05) is 56.1 Å². The smallest absolute Gasteiger partial charge is 0.537 e. The number of aromatic amines is 1. The van der Waals surface area contributed by atoms with Crippen LogP contribution in [0.3, 0.4) is 0 Å². The van der Waals surface area contributed by atoms with Crippen LogP contribution in [0.15, 0.2) is 192 Å². The van der Waals surface area contributed by atoms with Crippen LogP contribution in [0.5, 0.6) is 5.75 Å². The molecule has 4 N–H and O–H groups in total. The van der Waals surface area contributed by atoms with E-state index in [0.717, 1.165) is 58.4 Å². The molecule has 0 bridgehead atoms. The molecule has 372 valence electrons. The van der Waals surface area contributed by atoms with Crippen LogP contribution in [-0.2, 0) is 40.8 Å². The van der Waals surface area contributed by atoms with Crippen LogP contribution >= 0.6 is 0 Å². The number of benzene rings is 6. The maximum absolute atomic E-state index is 13.1. The van der Waals surface area contributed by atoms with Crippen LogP contribution in [-0.4, -0.2) is 63.5 Å². The summed E-state index contributed by atoms with van der Waals surface area (Å²) in [6.07, 6.45) is 0. The summed E-state index contributed by atoms with van der Waals surface area (Å²) in [5.41, 5.74) is 11.3. The van der Waals surface area contributed by atoms with Crippen molar-refractivity contribution in [2.45, 2.75) is 13.8 Å². The number of aryl methyl sites for hydroxylation is 2. The molecule has 0 unspecified atom stereocenters. The third kappa shape index (κ3) is 14.1. The number of aromatic nitrogens is 6. The minimum Gasteiger partial charge on any atom is -0.537 e. The molecule has 0 aliphatic rings. The molecule has 6 aromatic carbocycles. The zero-order valence-corrected chi connectivity index (χ0v) is 41.2. The minimum atomic E-state index is -0.833. The Morgan fingerprint density at radius 1 is 0.581 bits per heavy atom. The maximum Gasteiger partial charge on any atom is 0.569 e. The van der Waals surface area contributed by atoms with Gasteiger partial charge in [0.2, 0.25) is 0 Å². The zero-order chi connectivity index (χ0) is 52.4. The molecule has 4 heterocycles. The first-order chi connectivity index (χ1) is 35.2. The van der Waals surface area contributed by atoms with E-state index in [1.807, 2.05) is 152 Å². The molecule has 16 nitrogen and oxygen atoms in total. The van der Waals surface area contributed by atoms with Crippen LogP contribution < -0.4 is 16.0 Å². The first-order valence-corrected chi connectivity index (χ1v) is 22.2. The molecular weight excluding hydrogens is 987 g/mol. The van der Waals surface area contributed by atoms with Crippen molar-refractivity contribution in [1.29, 1.82) is 10.5 Å². The number of imidazole rings is 2. The Hall–Kier alpha value is -9.58. The van der Waals surface area contributed by atoms with Gasteiger partial charge in [0.1, 0.15) is 5.75 Å². The Bertz CT molecular complexity index is 3730. The van der Waals surface area contributed by atoms with Gasteiger partial charge in [0.25, 0.3) is 11.9 Å². The van der Waals surface area contributed by atoms with Gasteiger partial charge in [0.05, 0.1) is 51.4 Å². The number of carbonyl (C=O) groups is 2. The molecule has 0 atom stereocenters. The van der Waals surface area contributed by atoms with E-state index in [-0.39, 0.29) is 28.4 Å². The average molecular weight is 1030 g/mol. The summed E-state index contributed by atoms with van der Waals surface area (Å²) in [5, 5.41) is 41.9. The SMILES string of the molecule is CC(=O)O.CC(=O)O.Cn1c(=O)[nH]c2ccc(-c3ccccc3C#N)nc21.Cn1c(=O)n(-c2cccc(-c3ccccc3)c2)c2ccc(-c3ccccc3C#N)nc21.O[B]Oc1cccc(-c2ccccc2)c1.[Cu]. The molecule has 4 aromatic heterocycles. The van der Waals surface area contributed by atoms with Gasteiger partial charge in [-0.3, -0.25) is 23.3 Å². The fraction of sp³-hybridized carbons (Fsp3) is 0.0714. The van der Waals surface area contributed by atoms with Crippen molar-refractivity contribution in [3.63, 3.8) is 0 Å². The number of H-pyrrole nitrogens is 1. The summed E-state index contributed by atoms with van der Waals surface area (Å²) < 4.78 is 9.57. The van der Waals surface area contributed by atoms with Gasteiger partial charge in [-0.1, -0.05) is 121 Å². The number of rotatable bonds is 7. The van der Waals surface area contributed by atoms with Crippen LogP contribution in [0.1, 0.15) is 25.0 Å². The molecule has 0 aliphatic heterocycles. The molecule has 2 radical (unpaired) electrons. The summed E-state index contributed by atoms with van der Waals surface area (Å²) in [6.45, 7) is 2.17. The van der Waals surface area contributed by atoms with E-state index in [1.54, 1.807) is 53.6 Å². The number of nitrogens with one attached hydrogen (secondary N) is 1. The molecule has 74 heavy (non-hydrogen) atoms. The Labute approximate surface area is 436 Å². The number of nitriles is 2. The molecule has 0 aliphatic carbocycles. The van der Waals surface area contributed by atoms with Crippen molar-refractivity contribution < 1.29 is 46.5 Å². The van der Waals surface area contributed by atoms with E-state index in [2.05, 4.69) is 22.1 Å². The first kappa shape index (κ1) is 55.4. The summed E-state index contributed by atoms with van der Waals surface area (Å²) in [7, 11) is 4.06. The van der Waals surface area contributed by atoms with Gasteiger partial charge in [-0.2, -0.15) is 10.5 Å². The quantitative estimate of drug-likeness (QED) is 0.109. The van der Waals surface area contributed by atoms with Crippen molar-refractivity contribution in [2.24, 2.45) is 14.1 Å². The van der Waals surface area contributed by atoms with E-state index in [1.165, 1.54) is 4.57 Å². The first-order valence-electron chi connectivity index (χ1n) is 22.2. The molecule has 0 amide bonds. The normalized spacial score (nSPS) is 9.88. The monoisotopic (exact) mass is 1030 g/mol. The fourth-order valence-electron chi connectivity index (χ4n) is 7.36. The van der Waals surface area contributed by atoms with E-state index < -0.39 is 11.9 Å². The average Bonchev–Trinajstić information content (AvgIpc) is 3.84. The number of aliphatic carboxylic acids is 2. The Kier molecular flexibility index (Phi) is 19.9. The fourth-order valence-corrected chi connectivity index (χ4v) is 7.36. The number of carboxylic acids is 2. The third-order valence-electron chi connectivity index (χ3n) is 10.6. The van der Waals surface area contributed by atoms with E-state index in [9.17, 15) is 14.9 Å². The van der Waals surface area contributed by atoms with Crippen LogP contribution in [0.2, 0.25) is 0 Å². The van der Waals surface area contributed by atoms with E-state index in [0.29, 0.717) is 52.8 Å². The largest absolute Gasteiger partial charge is 0.569 e. The van der Waals surface area contributed by atoms with E-state index >= 15 is 0 Å². The minimum absolute atomic E-state index is 0. The molecule has 0 saturated heterocycles.